The molecule has 0 aromatic carbocycles. The molecule has 0 aromatic heterocycles. The van der Waals surface area contributed by atoms with E-state index in [9.17, 15) is 9.59 Å². The van der Waals surface area contributed by atoms with Gasteiger partial charge in [-0.05, 0) is 33.9 Å². The van der Waals surface area contributed by atoms with Crippen molar-refractivity contribution in [3.63, 3.8) is 0 Å². The van der Waals surface area contributed by atoms with Gasteiger partial charge in [-0.1, -0.05) is 13.8 Å². The van der Waals surface area contributed by atoms with E-state index in [1.165, 1.54) is 13.8 Å². The Kier molecular flexibility index (Phi) is 6.32. The Balaban J connectivity index is 4.84. The molecular weight excluding hydrogens is 232 g/mol. The van der Waals surface area contributed by atoms with E-state index in [4.69, 9.17) is 5.11 Å². The highest BCUT2D eigenvalue weighted by atomic mass is 16.4. The Morgan fingerprint density at radius 3 is 2.00 bits per heavy atom. The van der Waals surface area contributed by atoms with Crippen molar-refractivity contribution < 1.29 is 14.7 Å². The Morgan fingerprint density at radius 2 is 1.67 bits per heavy atom. The third-order valence-corrected chi connectivity index (χ3v) is 2.76. The van der Waals surface area contributed by atoms with Gasteiger partial charge < -0.3 is 14.9 Å². The third kappa shape index (κ3) is 5.04. The number of carboxylic acid groups (broad SMARTS) is 1. The monoisotopic (exact) mass is 258 g/mol. The maximum absolute atomic E-state index is 12.3. The molecule has 1 amide bonds. The van der Waals surface area contributed by atoms with Crippen LogP contribution in [0.4, 0.5) is 0 Å². The Bertz CT molecular complexity index is 299. The van der Waals surface area contributed by atoms with Crippen LogP contribution in [0.15, 0.2) is 0 Å². The quantitative estimate of drug-likeness (QED) is 0.696. The van der Waals surface area contributed by atoms with Crippen LogP contribution in [0, 0.1) is 11.3 Å². The van der Waals surface area contributed by atoms with E-state index in [2.05, 4.69) is 0 Å². The number of hydrogen-bond donors (Lipinski definition) is 1. The number of carbonyl (C=O) groups is 2. The number of nitrogens with zero attached hydrogens (tertiary/aromatic N) is 2. The number of hydrogen-bond acceptors (Lipinski definition) is 3. The largest absolute Gasteiger partial charge is 0.480 e. The summed E-state index contributed by atoms with van der Waals surface area (Å²) in [5, 5.41) is 9.11. The van der Waals surface area contributed by atoms with Crippen LogP contribution >= 0.6 is 0 Å². The first-order chi connectivity index (χ1) is 8.09. The summed E-state index contributed by atoms with van der Waals surface area (Å²) in [6, 6.07) is 0. The molecule has 106 valence electrons. The van der Waals surface area contributed by atoms with E-state index in [1.54, 1.807) is 4.90 Å². The average molecular weight is 258 g/mol. The molecule has 0 unspecified atom stereocenters. The molecule has 0 atom stereocenters. The summed E-state index contributed by atoms with van der Waals surface area (Å²) >= 11 is 0. The number of aliphatic carboxylic acids is 1. The van der Waals surface area contributed by atoms with E-state index in [-0.39, 0.29) is 5.91 Å². The second kappa shape index (κ2) is 6.73. The first-order valence-corrected chi connectivity index (χ1v) is 6.26. The molecule has 0 aromatic rings. The van der Waals surface area contributed by atoms with Gasteiger partial charge in [-0.25, -0.2) is 0 Å². The minimum atomic E-state index is -1.36. The topological polar surface area (TPSA) is 60.9 Å². The molecule has 0 heterocycles. The fraction of sp³-hybridized carbons (Fsp3) is 0.846. The van der Waals surface area contributed by atoms with Crippen molar-refractivity contribution in [1.29, 1.82) is 0 Å². The average Bonchev–Trinajstić information content (AvgIpc) is 2.22. The van der Waals surface area contributed by atoms with Crippen LogP contribution in [0.5, 0.6) is 0 Å². The number of carbonyl (C=O) groups excluding carboxylic acids is 1. The number of likely N-dealkylation sites (N-methyl/N-ethyl adjacent to an activating group) is 1. The summed E-state index contributed by atoms with van der Waals surface area (Å²) in [6.07, 6.45) is 0. The Morgan fingerprint density at radius 1 is 1.17 bits per heavy atom. The van der Waals surface area contributed by atoms with Crippen molar-refractivity contribution in [2.24, 2.45) is 11.3 Å². The van der Waals surface area contributed by atoms with Crippen LogP contribution in [0.3, 0.4) is 0 Å². The van der Waals surface area contributed by atoms with Gasteiger partial charge in [0.25, 0.3) is 0 Å². The molecule has 5 nitrogen and oxygen atoms in total. The molecule has 0 spiro atoms. The van der Waals surface area contributed by atoms with Crippen LogP contribution in [-0.2, 0) is 9.59 Å². The van der Waals surface area contributed by atoms with Crippen molar-refractivity contribution in [2.45, 2.75) is 27.7 Å². The van der Waals surface area contributed by atoms with Gasteiger partial charge in [0.2, 0.25) is 5.91 Å². The van der Waals surface area contributed by atoms with Crippen LogP contribution in [0.2, 0.25) is 0 Å². The molecule has 0 fully saturated rings. The van der Waals surface area contributed by atoms with Crippen molar-refractivity contribution >= 4 is 11.9 Å². The van der Waals surface area contributed by atoms with Crippen molar-refractivity contribution in [1.82, 2.24) is 9.80 Å². The summed E-state index contributed by atoms with van der Waals surface area (Å²) in [5.74, 6) is -1.07. The molecule has 1 N–H and O–H groups in total. The van der Waals surface area contributed by atoms with E-state index in [0.717, 1.165) is 6.54 Å². The minimum Gasteiger partial charge on any atom is -0.480 e. The SMILES string of the molecule is CC(C)CN(CCN(C)C)C(=O)C(C)(C)C(=O)O. The van der Waals surface area contributed by atoms with Gasteiger partial charge in [0.15, 0.2) is 0 Å². The van der Waals surface area contributed by atoms with Gasteiger partial charge in [-0.15, -0.1) is 0 Å². The molecule has 0 aliphatic heterocycles. The van der Waals surface area contributed by atoms with Crippen LogP contribution < -0.4 is 0 Å². The summed E-state index contributed by atoms with van der Waals surface area (Å²) in [6.45, 7) is 8.83. The van der Waals surface area contributed by atoms with E-state index in [1.807, 2.05) is 32.8 Å². The Hall–Kier alpha value is -1.10. The molecule has 0 radical (unpaired) electrons. The summed E-state index contributed by atoms with van der Waals surface area (Å²) in [5.41, 5.74) is -1.36. The van der Waals surface area contributed by atoms with Gasteiger partial charge in [0, 0.05) is 19.6 Å². The van der Waals surface area contributed by atoms with Crippen LogP contribution in [0.1, 0.15) is 27.7 Å². The van der Waals surface area contributed by atoms with E-state index in [0.29, 0.717) is 19.0 Å². The van der Waals surface area contributed by atoms with Gasteiger partial charge in [0.1, 0.15) is 5.41 Å². The van der Waals surface area contributed by atoms with E-state index < -0.39 is 11.4 Å². The second-order valence-electron chi connectivity index (χ2n) is 5.88. The lowest BCUT2D eigenvalue weighted by Crippen LogP contribution is -2.48. The molecular formula is C13H26N2O3. The molecule has 18 heavy (non-hydrogen) atoms. The van der Waals surface area contributed by atoms with Gasteiger partial charge in [0.05, 0.1) is 0 Å². The second-order valence-corrected chi connectivity index (χ2v) is 5.88. The highest BCUT2D eigenvalue weighted by molar-refractivity contribution is 6.00. The fourth-order valence-electron chi connectivity index (χ4n) is 1.52. The van der Waals surface area contributed by atoms with Gasteiger partial charge in [-0.3, -0.25) is 9.59 Å². The van der Waals surface area contributed by atoms with Crippen LogP contribution in [-0.4, -0.2) is 60.5 Å². The zero-order chi connectivity index (χ0) is 14.5. The Labute approximate surface area is 110 Å². The first kappa shape index (κ1) is 16.9. The molecule has 0 rings (SSSR count). The van der Waals surface area contributed by atoms with Gasteiger partial charge >= 0.3 is 5.97 Å². The third-order valence-electron chi connectivity index (χ3n) is 2.76. The lowest BCUT2D eigenvalue weighted by Gasteiger charge is -2.31. The maximum atomic E-state index is 12.3. The summed E-state index contributed by atoms with van der Waals surface area (Å²) in [7, 11) is 3.86. The predicted molar refractivity (Wildman–Crippen MR) is 71.4 cm³/mol. The predicted octanol–water partition coefficient (Wildman–Crippen LogP) is 1.14. The zero-order valence-electron chi connectivity index (χ0n) is 12.4. The highest BCUT2D eigenvalue weighted by Crippen LogP contribution is 2.20. The van der Waals surface area contributed by atoms with Crippen LogP contribution in [0.25, 0.3) is 0 Å². The number of carboxylic acids is 1. The van der Waals surface area contributed by atoms with Crippen molar-refractivity contribution in [3.8, 4) is 0 Å². The molecule has 0 saturated carbocycles. The van der Waals surface area contributed by atoms with Gasteiger partial charge in [-0.2, -0.15) is 0 Å². The van der Waals surface area contributed by atoms with E-state index >= 15 is 0 Å². The standard InChI is InChI=1S/C13H26N2O3/c1-10(2)9-15(8-7-14(5)6)11(16)13(3,4)12(17)18/h10H,7-9H2,1-6H3,(H,17,18). The van der Waals surface area contributed by atoms with Crippen molar-refractivity contribution in [3.05, 3.63) is 0 Å². The lowest BCUT2D eigenvalue weighted by atomic mass is 9.91. The minimum absolute atomic E-state index is 0.314. The first-order valence-electron chi connectivity index (χ1n) is 6.26. The lowest BCUT2D eigenvalue weighted by molar-refractivity contribution is -0.158. The molecule has 0 saturated heterocycles. The molecule has 0 aliphatic rings. The zero-order valence-corrected chi connectivity index (χ0v) is 12.4. The fourth-order valence-corrected chi connectivity index (χ4v) is 1.52. The maximum Gasteiger partial charge on any atom is 0.318 e. The smallest absolute Gasteiger partial charge is 0.318 e. The number of rotatable bonds is 7. The number of amides is 1. The molecule has 0 bridgehead atoms. The molecule has 0 aliphatic carbocycles. The van der Waals surface area contributed by atoms with Crippen molar-refractivity contribution in [2.75, 3.05) is 33.7 Å². The highest BCUT2D eigenvalue weighted by Gasteiger charge is 2.39. The molecule has 5 heteroatoms. The summed E-state index contributed by atoms with van der Waals surface area (Å²) < 4.78 is 0. The normalized spacial score (nSPS) is 12.0. The summed E-state index contributed by atoms with van der Waals surface area (Å²) in [4.78, 5) is 27.0.